The Kier molecular flexibility index (Phi) is 5.53. The van der Waals surface area contributed by atoms with Crippen molar-refractivity contribution in [2.24, 2.45) is 7.05 Å². The number of nitrogens with zero attached hydrogens (tertiary/aromatic N) is 1. The van der Waals surface area contributed by atoms with Crippen molar-refractivity contribution in [3.05, 3.63) is 58.3 Å². The molecule has 0 aliphatic carbocycles. The van der Waals surface area contributed by atoms with Crippen LogP contribution in [0.15, 0.2) is 47.1 Å². The van der Waals surface area contributed by atoms with Gasteiger partial charge in [-0.2, -0.15) is 0 Å². The van der Waals surface area contributed by atoms with Gasteiger partial charge in [-0.25, -0.2) is 0 Å². The van der Waals surface area contributed by atoms with E-state index in [2.05, 4.69) is 32.1 Å². The van der Waals surface area contributed by atoms with Gasteiger partial charge < -0.3 is 9.88 Å². The maximum absolute atomic E-state index is 11.9. The Labute approximate surface area is 141 Å². The number of carbonyl (C=O) groups is 3. The summed E-state index contributed by atoms with van der Waals surface area (Å²) in [5.41, 5.74) is 5.36. The van der Waals surface area contributed by atoms with Gasteiger partial charge in [0.2, 0.25) is 0 Å². The lowest BCUT2D eigenvalue weighted by Crippen LogP contribution is -2.46. The lowest BCUT2D eigenvalue weighted by atomic mass is 10.2. The van der Waals surface area contributed by atoms with E-state index >= 15 is 0 Å². The number of nitrogens with one attached hydrogen (secondary N) is 3. The summed E-state index contributed by atoms with van der Waals surface area (Å²) in [5.74, 6) is -1.35. The molecule has 23 heavy (non-hydrogen) atoms. The highest BCUT2D eigenvalue weighted by atomic mass is 79.9. The molecule has 2 rings (SSSR count). The van der Waals surface area contributed by atoms with Crippen molar-refractivity contribution in [2.75, 3.05) is 6.54 Å². The second-order valence-electron chi connectivity index (χ2n) is 4.71. The number of carbonyl (C=O) groups excluding carboxylic acids is 3. The topological polar surface area (TPSA) is 92.2 Å². The molecule has 1 aromatic carbocycles. The van der Waals surface area contributed by atoms with Crippen molar-refractivity contribution in [1.29, 1.82) is 0 Å². The van der Waals surface area contributed by atoms with Crippen molar-refractivity contribution >= 4 is 33.7 Å². The number of aryl methyl sites for hydroxylation is 1. The van der Waals surface area contributed by atoms with Crippen molar-refractivity contribution in [1.82, 2.24) is 20.7 Å². The predicted molar refractivity (Wildman–Crippen MR) is 87.5 cm³/mol. The summed E-state index contributed by atoms with van der Waals surface area (Å²) >= 11 is 3.26. The van der Waals surface area contributed by atoms with E-state index in [0.717, 1.165) is 4.47 Å². The minimum absolute atomic E-state index is 0.245. The summed E-state index contributed by atoms with van der Waals surface area (Å²) in [6.07, 6.45) is 1.72. The van der Waals surface area contributed by atoms with Gasteiger partial charge in [0.15, 0.2) is 0 Å². The first-order chi connectivity index (χ1) is 11.0. The fraction of sp³-hybridized carbons (Fsp3) is 0.133. The standard InChI is InChI=1S/C15H15BrN4O3/c1-20-9-11(16)7-12(20)15(23)19-18-13(21)8-17-14(22)10-5-3-2-4-6-10/h2-7,9H,8H2,1H3,(H,17,22)(H,18,21)(H,19,23). The van der Waals surface area contributed by atoms with Crippen LogP contribution in [0, 0.1) is 0 Å². The molecule has 1 aromatic heterocycles. The smallest absolute Gasteiger partial charge is 0.286 e. The molecule has 0 aliphatic heterocycles. The van der Waals surface area contributed by atoms with E-state index in [9.17, 15) is 14.4 Å². The normalized spacial score (nSPS) is 10.0. The minimum Gasteiger partial charge on any atom is -0.345 e. The highest BCUT2D eigenvalue weighted by Gasteiger charge is 2.12. The van der Waals surface area contributed by atoms with E-state index in [0.29, 0.717) is 11.3 Å². The van der Waals surface area contributed by atoms with E-state index in [4.69, 9.17) is 0 Å². The van der Waals surface area contributed by atoms with Crippen LogP contribution in [0.5, 0.6) is 0 Å². The molecule has 0 unspecified atom stereocenters. The molecule has 0 spiro atoms. The Balaban J connectivity index is 1.78. The molecule has 2 aromatic rings. The van der Waals surface area contributed by atoms with Crippen molar-refractivity contribution in [3.8, 4) is 0 Å². The molecule has 3 N–H and O–H groups in total. The molecular formula is C15H15BrN4O3. The molecule has 7 nitrogen and oxygen atoms in total. The van der Waals surface area contributed by atoms with Gasteiger partial charge in [0.25, 0.3) is 17.7 Å². The number of hydrogen-bond donors (Lipinski definition) is 3. The molecule has 120 valence electrons. The van der Waals surface area contributed by atoms with Crippen molar-refractivity contribution < 1.29 is 14.4 Å². The number of hydrogen-bond acceptors (Lipinski definition) is 3. The van der Waals surface area contributed by atoms with Crippen LogP contribution in [-0.2, 0) is 11.8 Å². The Morgan fingerprint density at radius 2 is 1.78 bits per heavy atom. The van der Waals surface area contributed by atoms with Crippen LogP contribution in [0.1, 0.15) is 20.8 Å². The zero-order valence-electron chi connectivity index (χ0n) is 12.3. The lowest BCUT2D eigenvalue weighted by molar-refractivity contribution is -0.120. The van der Waals surface area contributed by atoms with Gasteiger partial charge >= 0.3 is 0 Å². The van der Waals surface area contributed by atoms with Gasteiger partial charge in [0.05, 0.1) is 6.54 Å². The van der Waals surface area contributed by atoms with E-state index in [-0.39, 0.29) is 12.5 Å². The Morgan fingerprint density at radius 3 is 2.39 bits per heavy atom. The first-order valence-electron chi connectivity index (χ1n) is 6.71. The first kappa shape index (κ1) is 16.8. The van der Waals surface area contributed by atoms with Gasteiger partial charge in [0, 0.05) is 23.3 Å². The van der Waals surface area contributed by atoms with Gasteiger partial charge in [-0.15, -0.1) is 0 Å². The van der Waals surface area contributed by atoms with E-state index in [1.54, 1.807) is 54.2 Å². The molecule has 0 fully saturated rings. The number of benzene rings is 1. The number of amides is 3. The highest BCUT2D eigenvalue weighted by molar-refractivity contribution is 9.10. The van der Waals surface area contributed by atoms with Gasteiger partial charge in [-0.05, 0) is 34.1 Å². The van der Waals surface area contributed by atoms with Crippen molar-refractivity contribution in [2.45, 2.75) is 0 Å². The summed E-state index contributed by atoms with van der Waals surface area (Å²) < 4.78 is 2.37. The summed E-state index contributed by atoms with van der Waals surface area (Å²) in [5, 5.41) is 2.46. The van der Waals surface area contributed by atoms with Crippen LogP contribution in [0.25, 0.3) is 0 Å². The molecular weight excluding hydrogens is 364 g/mol. The third kappa shape index (κ3) is 4.68. The number of rotatable bonds is 4. The second-order valence-corrected chi connectivity index (χ2v) is 5.62. The van der Waals surface area contributed by atoms with Gasteiger partial charge in [-0.3, -0.25) is 25.2 Å². The highest BCUT2D eigenvalue weighted by Crippen LogP contribution is 2.13. The predicted octanol–water partition coefficient (Wildman–Crippen LogP) is 0.979. The molecule has 0 saturated carbocycles. The summed E-state index contributed by atoms with van der Waals surface area (Å²) in [7, 11) is 1.71. The van der Waals surface area contributed by atoms with Crippen LogP contribution in [0.2, 0.25) is 0 Å². The average molecular weight is 379 g/mol. The maximum Gasteiger partial charge on any atom is 0.286 e. The van der Waals surface area contributed by atoms with Crippen LogP contribution in [0.4, 0.5) is 0 Å². The molecule has 1 heterocycles. The maximum atomic E-state index is 11.9. The Bertz CT molecular complexity index is 728. The van der Waals surface area contributed by atoms with Crippen molar-refractivity contribution in [3.63, 3.8) is 0 Å². The monoisotopic (exact) mass is 378 g/mol. The van der Waals surface area contributed by atoms with E-state index in [1.165, 1.54) is 0 Å². The SMILES string of the molecule is Cn1cc(Br)cc1C(=O)NNC(=O)CNC(=O)c1ccccc1. The third-order valence-corrected chi connectivity index (χ3v) is 3.40. The quantitative estimate of drug-likeness (QED) is 0.692. The van der Waals surface area contributed by atoms with E-state index < -0.39 is 11.8 Å². The minimum atomic E-state index is -0.532. The van der Waals surface area contributed by atoms with Gasteiger partial charge in [0.1, 0.15) is 5.69 Å². The molecule has 0 saturated heterocycles. The molecule has 0 atom stereocenters. The first-order valence-corrected chi connectivity index (χ1v) is 7.51. The third-order valence-electron chi connectivity index (χ3n) is 2.97. The fourth-order valence-electron chi connectivity index (χ4n) is 1.84. The largest absolute Gasteiger partial charge is 0.345 e. The summed E-state index contributed by atoms with van der Waals surface area (Å²) in [4.78, 5) is 35.3. The summed E-state index contributed by atoms with van der Waals surface area (Å²) in [6.45, 7) is -0.245. The molecule has 8 heteroatoms. The number of hydrazine groups is 1. The van der Waals surface area contributed by atoms with Crippen LogP contribution in [-0.4, -0.2) is 28.8 Å². The Hall–Kier alpha value is -2.61. The van der Waals surface area contributed by atoms with Crippen LogP contribution < -0.4 is 16.2 Å². The number of halogens is 1. The van der Waals surface area contributed by atoms with Gasteiger partial charge in [-0.1, -0.05) is 18.2 Å². The molecule has 0 radical (unpaired) electrons. The lowest BCUT2D eigenvalue weighted by Gasteiger charge is -2.09. The molecule has 0 bridgehead atoms. The zero-order chi connectivity index (χ0) is 16.8. The molecule has 0 aliphatic rings. The molecule has 3 amide bonds. The Morgan fingerprint density at radius 1 is 1.09 bits per heavy atom. The zero-order valence-corrected chi connectivity index (χ0v) is 13.9. The second kappa shape index (κ2) is 7.59. The van der Waals surface area contributed by atoms with E-state index in [1.807, 2.05) is 0 Å². The van der Waals surface area contributed by atoms with Crippen LogP contribution >= 0.6 is 15.9 Å². The number of aromatic nitrogens is 1. The summed E-state index contributed by atoms with van der Waals surface area (Å²) in [6, 6.07) is 10.2. The average Bonchev–Trinajstić information content (AvgIpc) is 2.89. The fourth-order valence-corrected chi connectivity index (χ4v) is 2.36. The van der Waals surface area contributed by atoms with Crippen LogP contribution in [0.3, 0.4) is 0 Å².